The zero-order valence-electron chi connectivity index (χ0n) is 31.5. The average molecular weight is 758 g/mol. The molecule has 0 fully saturated rings. The summed E-state index contributed by atoms with van der Waals surface area (Å²) in [4.78, 5) is 28.4. The molecule has 0 N–H and O–H groups in total. The summed E-state index contributed by atoms with van der Waals surface area (Å²) in [5, 5.41) is 6.77. The topological polar surface area (TPSA) is 78.7 Å². The van der Waals surface area contributed by atoms with Crippen molar-refractivity contribution >= 4 is 65.4 Å². The van der Waals surface area contributed by atoms with Crippen molar-refractivity contribution in [2.24, 2.45) is 0 Å². The molecule has 0 aliphatic heterocycles. The summed E-state index contributed by atoms with van der Waals surface area (Å²) >= 11 is 0. The van der Waals surface area contributed by atoms with E-state index in [1.54, 1.807) is 0 Å². The molecule has 8 aromatic carbocycles. The highest BCUT2D eigenvalue weighted by molar-refractivity contribution is 6.17. The lowest BCUT2D eigenvalue weighted by molar-refractivity contribution is 0.570. The molecule has 0 amide bonds. The minimum absolute atomic E-state index is 0.338. The number of benzene rings is 8. The Morgan fingerprint density at radius 2 is 0.864 bits per heavy atom. The van der Waals surface area contributed by atoms with E-state index in [0.717, 1.165) is 82.3 Å². The second-order valence-corrected chi connectivity index (χ2v) is 14.8. The molecule has 7 heteroatoms. The molecule has 4 aromatic heterocycles. The third-order valence-corrected chi connectivity index (χ3v) is 11.4. The molecular formula is C52H31N5O2. The van der Waals surface area contributed by atoms with Gasteiger partial charge in [0.15, 0.2) is 11.6 Å². The number of hydrogen-bond donors (Lipinski definition) is 0. The SMILES string of the molecule is O=c1oc2cc3c(cc2c2ccccc12)c1ccc(-c2ccc4c5ccccc5n(-c5nc(-c6ccccc6)nc(-c6ccccc6)n5)c4c2)cc1n3-c1ccccc1. The summed E-state index contributed by atoms with van der Waals surface area (Å²) in [6.07, 6.45) is 0. The lowest BCUT2D eigenvalue weighted by atomic mass is 10.0. The summed E-state index contributed by atoms with van der Waals surface area (Å²) in [5.74, 6) is 1.76. The van der Waals surface area contributed by atoms with Crippen LogP contribution in [0.25, 0.3) is 111 Å². The van der Waals surface area contributed by atoms with Crippen LogP contribution < -0.4 is 5.63 Å². The molecule has 0 saturated carbocycles. The standard InChI is InChI=1S/C52H31N5O2/c58-51-41-22-11-10-20-37(41)43-30-42-40-27-25-34(28-45(40)56(36-18-8-3-9-19-36)47(42)31-48(43)59-51)35-24-26-39-38-21-12-13-23-44(38)57(46(39)29-35)52-54-49(32-14-4-1-5-15-32)53-50(55-52)33-16-6-2-7-17-33/h1-31H. The van der Waals surface area contributed by atoms with Gasteiger partial charge in [-0.1, -0.05) is 140 Å². The third kappa shape index (κ3) is 5.22. The van der Waals surface area contributed by atoms with Crippen LogP contribution in [0.4, 0.5) is 0 Å². The maximum Gasteiger partial charge on any atom is 0.344 e. The smallest absolute Gasteiger partial charge is 0.344 e. The monoisotopic (exact) mass is 757 g/mol. The normalized spacial score (nSPS) is 11.8. The Bertz CT molecular complexity index is 3630. The van der Waals surface area contributed by atoms with E-state index >= 15 is 0 Å². The quantitative estimate of drug-likeness (QED) is 0.129. The number of aromatic nitrogens is 5. The molecule has 7 nitrogen and oxygen atoms in total. The molecule has 276 valence electrons. The maximum absolute atomic E-state index is 13.1. The first-order chi connectivity index (χ1) is 29.2. The first-order valence-electron chi connectivity index (χ1n) is 19.6. The van der Waals surface area contributed by atoms with E-state index in [0.29, 0.717) is 28.6 Å². The minimum atomic E-state index is -0.338. The number of nitrogens with zero attached hydrogens (tertiary/aromatic N) is 5. The van der Waals surface area contributed by atoms with Gasteiger partial charge >= 0.3 is 5.63 Å². The summed E-state index contributed by atoms with van der Waals surface area (Å²) in [5.41, 5.74) is 9.19. The lowest BCUT2D eigenvalue weighted by Crippen LogP contribution is -2.06. The molecule has 0 bridgehead atoms. The van der Waals surface area contributed by atoms with Crippen molar-refractivity contribution in [1.29, 1.82) is 0 Å². The lowest BCUT2D eigenvalue weighted by Gasteiger charge is -2.12. The molecule has 0 aliphatic carbocycles. The largest absolute Gasteiger partial charge is 0.422 e. The molecule has 4 heterocycles. The fourth-order valence-corrected chi connectivity index (χ4v) is 8.69. The summed E-state index contributed by atoms with van der Waals surface area (Å²) < 4.78 is 10.4. The van der Waals surface area contributed by atoms with E-state index in [1.165, 1.54) is 0 Å². The second kappa shape index (κ2) is 12.9. The average Bonchev–Trinajstić information content (AvgIpc) is 3.80. The number of para-hydroxylation sites is 2. The number of rotatable bonds is 5. The van der Waals surface area contributed by atoms with Crippen LogP contribution in [0.1, 0.15) is 0 Å². The highest BCUT2D eigenvalue weighted by Crippen LogP contribution is 2.40. The fraction of sp³-hybridized carbons (Fsp3) is 0. The Balaban J connectivity index is 1.10. The Hall–Kier alpha value is -8.16. The van der Waals surface area contributed by atoms with Gasteiger partial charge in [0.05, 0.1) is 27.5 Å². The minimum Gasteiger partial charge on any atom is -0.422 e. The Morgan fingerprint density at radius 3 is 1.53 bits per heavy atom. The van der Waals surface area contributed by atoms with Gasteiger partial charge < -0.3 is 8.98 Å². The first-order valence-corrected chi connectivity index (χ1v) is 19.6. The molecule has 0 unspecified atom stereocenters. The first kappa shape index (κ1) is 33.0. The van der Waals surface area contributed by atoms with Crippen molar-refractivity contribution in [2.45, 2.75) is 0 Å². The van der Waals surface area contributed by atoms with Crippen LogP contribution in [-0.2, 0) is 0 Å². The van der Waals surface area contributed by atoms with Crippen molar-refractivity contribution in [2.75, 3.05) is 0 Å². The van der Waals surface area contributed by atoms with E-state index in [4.69, 9.17) is 19.4 Å². The van der Waals surface area contributed by atoms with Crippen LogP contribution in [0, 0.1) is 0 Å². The highest BCUT2D eigenvalue weighted by Gasteiger charge is 2.20. The molecule has 12 aromatic rings. The van der Waals surface area contributed by atoms with Gasteiger partial charge in [-0.2, -0.15) is 9.97 Å². The van der Waals surface area contributed by atoms with Crippen molar-refractivity contribution in [3.8, 4) is 45.5 Å². The van der Waals surface area contributed by atoms with Gasteiger partial charge in [0.2, 0.25) is 5.95 Å². The Kier molecular flexibility index (Phi) is 7.24. The van der Waals surface area contributed by atoms with Gasteiger partial charge in [0.1, 0.15) is 5.58 Å². The van der Waals surface area contributed by atoms with Gasteiger partial charge in [0, 0.05) is 49.8 Å². The van der Waals surface area contributed by atoms with E-state index in [-0.39, 0.29) is 5.63 Å². The van der Waals surface area contributed by atoms with Gasteiger partial charge in [-0.15, -0.1) is 0 Å². The number of hydrogen-bond acceptors (Lipinski definition) is 5. The van der Waals surface area contributed by atoms with E-state index < -0.39 is 0 Å². The van der Waals surface area contributed by atoms with E-state index in [2.05, 4.69) is 88.0 Å². The predicted molar refractivity (Wildman–Crippen MR) is 238 cm³/mol. The molecule has 0 radical (unpaired) electrons. The zero-order chi connectivity index (χ0) is 39.0. The highest BCUT2D eigenvalue weighted by atomic mass is 16.4. The van der Waals surface area contributed by atoms with Crippen LogP contribution in [0.15, 0.2) is 197 Å². The van der Waals surface area contributed by atoms with Gasteiger partial charge in [-0.05, 0) is 59.0 Å². The van der Waals surface area contributed by atoms with Gasteiger partial charge in [-0.3, -0.25) is 4.57 Å². The zero-order valence-corrected chi connectivity index (χ0v) is 31.5. The van der Waals surface area contributed by atoms with Crippen molar-refractivity contribution in [3.05, 3.63) is 198 Å². The van der Waals surface area contributed by atoms with Crippen LogP contribution in [0.3, 0.4) is 0 Å². The molecule has 0 saturated heterocycles. The molecular weight excluding hydrogens is 727 g/mol. The van der Waals surface area contributed by atoms with E-state index in [9.17, 15) is 4.79 Å². The Morgan fingerprint density at radius 1 is 0.356 bits per heavy atom. The van der Waals surface area contributed by atoms with Crippen LogP contribution in [0.5, 0.6) is 0 Å². The van der Waals surface area contributed by atoms with Crippen molar-refractivity contribution < 1.29 is 4.42 Å². The van der Waals surface area contributed by atoms with Crippen LogP contribution in [0.2, 0.25) is 0 Å². The second-order valence-electron chi connectivity index (χ2n) is 14.8. The summed E-state index contributed by atoms with van der Waals surface area (Å²) in [7, 11) is 0. The summed E-state index contributed by atoms with van der Waals surface area (Å²) in [6, 6.07) is 64.1. The van der Waals surface area contributed by atoms with Crippen LogP contribution >= 0.6 is 0 Å². The Labute approximate surface area is 336 Å². The van der Waals surface area contributed by atoms with Crippen molar-refractivity contribution in [1.82, 2.24) is 24.1 Å². The molecule has 0 aliphatic rings. The fourth-order valence-electron chi connectivity index (χ4n) is 8.69. The van der Waals surface area contributed by atoms with Gasteiger partial charge in [-0.25, -0.2) is 9.78 Å². The predicted octanol–water partition coefficient (Wildman–Crippen LogP) is 12.3. The van der Waals surface area contributed by atoms with Crippen LogP contribution in [-0.4, -0.2) is 24.1 Å². The molecule has 12 rings (SSSR count). The maximum atomic E-state index is 13.1. The third-order valence-electron chi connectivity index (χ3n) is 11.4. The van der Waals surface area contributed by atoms with Gasteiger partial charge in [0.25, 0.3) is 0 Å². The van der Waals surface area contributed by atoms with Crippen molar-refractivity contribution in [3.63, 3.8) is 0 Å². The number of fused-ring (bicyclic) bond motifs is 9. The molecule has 59 heavy (non-hydrogen) atoms. The molecule has 0 atom stereocenters. The summed E-state index contributed by atoms with van der Waals surface area (Å²) in [6.45, 7) is 0. The van der Waals surface area contributed by atoms with E-state index in [1.807, 2.05) is 109 Å². The molecule has 0 spiro atoms.